The number of carbonyl (C=O) groups excluding carboxylic acids is 1. The second-order valence-corrected chi connectivity index (χ2v) is 7.36. The number of carbonyl (C=O) groups is 1. The number of benzene rings is 1. The van der Waals surface area contributed by atoms with E-state index >= 15 is 0 Å². The third kappa shape index (κ3) is 3.80. The number of methoxy groups -OCH3 is 2. The standard InChI is InChI=1S/C19H21N3O4S/c1-11(2)8-17-20-13-10-15(26-4)14(25-3)9-12(13)19(24)22(17)21-18(23)16-6-5-7-27-16/h5-7,9-11H,8H2,1-4H3,(H,21,23). The average molecular weight is 387 g/mol. The van der Waals surface area contributed by atoms with Crippen molar-refractivity contribution in [2.24, 2.45) is 5.92 Å². The molecule has 142 valence electrons. The molecule has 1 aromatic carbocycles. The lowest BCUT2D eigenvalue weighted by Crippen LogP contribution is -2.36. The zero-order valence-corrected chi connectivity index (χ0v) is 16.4. The number of aromatic nitrogens is 2. The molecule has 0 radical (unpaired) electrons. The summed E-state index contributed by atoms with van der Waals surface area (Å²) in [7, 11) is 3.03. The van der Waals surface area contributed by atoms with Crippen LogP contribution in [0.15, 0.2) is 34.4 Å². The van der Waals surface area contributed by atoms with Crippen molar-refractivity contribution in [1.29, 1.82) is 0 Å². The van der Waals surface area contributed by atoms with E-state index in [1.807, 2.05) is 19.2 Å². The molecule has 3 aromatic rings. The lowest BCUT2D eigenvalue weighted by atomic mass is 10.1. The Kier molecular flexibility index (Phi) is 5.46. The first-order valence-corrected chi connectivity index (χ1v) is 9.35. The summed E-state index contributed by atoms with van der Waals surface area (Å²) in [5.74, 6) is 1.31. The van der Waals surface area contributed by atoms with Crippen molar-refractivity contribution in [3.05, 3.63) is 50.7 Å². The van der Waals surface area contributed by atoms with E-state index in [1.54, 1.807) is 24.3 Å². The summed E-state index contributed by atoms with van der Waals surface area (Å²) < 4.78 is 11.8. The largest absolute Gasteiger partial charge is 0.493 e. The van der Waals surface area contributed by atoms with Crippen LogP contribution < -0.4 is 20.5 Å². The number of fused-ring (bicyclic) bond motifs is 1. The lowest BCUT2D eigenvalue weighted by Gasteiger charge is -2.16. The van der Waals surface area contributed by atoms with Crippen LogP contribution in [-0.2, 0) is 6.42 Å². The molecule has 1 amide bonds. The lowest BCUT2D eigenvalue weighted by molar-refractivity contribution is 0.101. The number of nitrogens with one attached hydrogen (secondary N) is 1. The molecule has 2 aromatic heterocycles. The molecule has 0 bridgehead atoms. The van der Waals surface area contributed by atoms with E-state index in [4.69, 9.17) is 9.47 Å². The van der Waals surface area contributed by atoms with Crippen LogP contribution in [0.2, 0.25) is 0 Å². The molecule has 27 heavy (non-hydrogen) atoms. The number of thiophene rings is 1. The van der Waals surface area contributed by atoms with Crippen molar-refractivity contribution in [3.8, 4) is 11.5 Å². The molecule has 8 heteroatoms. The summed E-state index contributed by atoms with van der Waals surface area (Å²) in [5, 5.41) is 2.15. The molecule has 1 N–H and O–H groups in total. The minimum absolute atomic E-state index is 0.249. The van der Waals surface area contributed by atoms with Gasteiger partial charge in [0.2, 0.25) is 0 Å². The summed E-state index contributed by atoms with van der Waals surface area (Å²) in [6, 6.07) is 6.74. The summed E-state index contributed by atoms with van der Waals surface area (Å²) in [4.78, 5) is 30.7. The van der Waals surface area contributed by atoms with Crippen LogP contribution in [0.3, 0.4) is 0 Å². The van der Waals surface area contributed by atoms with Gasteiger partial charge in [0, 0.05) is 12.5 Å². The predicted octanol–water partition coefficient (Wildman–Crippen LogP) is 3.06. The first-order valence-electron chi connectivity index (χ1n) is 8.47. The molecule has 0 saturated heterocycles. The van der Waals surface area contributed by atoms with E-state index in [2.05, 4.69) is 10.4 Å². The number of rotatable bonds is 6. The molecule has 0 saturated carbocycles. The van der Waals surface area contributed by atoms with Crippen molar-refractivity contribution in [2.75, 3.05) is 19.6 Å². The monoisotopic (exact) mass is 387 g/mol. The fraction of sp³-hybridized carbons (Fsp3) is 0.316. The minimum Gasteiger partial charge on any atom is -0.493 e. The van der Waals surface area contributed by atoms with Crippen molar-refractivity contribution in [1.82, 2.24) is 9.66 Å². The van der Waals surface area contributed by atoms with Crippen LogP contribution >= 0.6 is 11.3 Å². The Bertz CT molecular complexity index is 1030. The fourth-order valence-electron chi connectivity index (χ4n) is 2.74. The molecular formula is C19H21N3O4S. The Balaban J connectivity index is 2.18. The number of hydrogen-bond donors (Lipinski definition) is 1. The highest BCUT2D eigenvalue weighted by atomic mass is 32.1. The summed E-state index contributed by atoms with van der Waals surface area (Å²) >= 11 is 1.31. The predicted molar refractivity (Wildman–Crippen MR) is 106 cm³/mol. The maximum Gasteiger partial charge on any atom is 0.280 e. The van der Waals surface area contributed by atoms with Gasteiger partial charge in [-0.3, -0.25) is 15.0 Å². The molecule has 7 nitrogen and oxygen atoms in total. The number of hydrogen-bond acceptors (Lipinski definition) is 6. The zero-order valence-electron chi connectivity index (χ0n) is 15.6. The molecule has 0 fully saturated rings. The van der Waals surface area contributed by atoms with Gasteiger partial charge in [-0.1, -0.05) is 19.9 Å². The molecular weight excluding hydrogens is 366 g/mol. The van der Waals surface area contributed by atoms with E-state index < -0.39 is 0 Å². The van der Waals surface area contributed by atoms with Crippen molar-refractivity contribution in [2.45, 2.75) is 20.3 Å². The van der Waals surface area contributed by atoms with Crippen LogP contribution in [-0.4, -0.2) is 29.8 Å². The fourth-order valence-corrected chi connectivity index (χ4v) is 3.35. The van der Waals surface area contributed by atoms with E-state index in [1.165, 1.54) is 30.2 Å². The van der Waals surface area contributed by atoms with Gasteiger partial charge >= 0.3 is 0 Å². The maximum absolute atomic E-state index is 13.1. The van der Waals surface area contributed by atoms with Gasteiger partial charge in [0.05, 0.1) is 30.0 Å². The SMILES string of the molecule is COc1cc2nc(CC(C)C)n(NC(=O)c3cccs3)c(=O)c2cc1OC. The topological polar surface area (TPSA) is 82.5 Å². The Morgan fingerprint density at radius 3 is 2.56 bits per heavy atom. The smallest absolute Gasteiger partial charge is 0.280 e. The van der Waals surface area contributed by atoms with Crippen LogP contribution in [0.25, 0.3) is 10.9 Å². The van der Waals surface area contributed by atoms with Gasteiger partial charge in [-0.25, -0.2) is 9.66 Å². The second kappa shape index (κ2) is 7.79. The minimum atomic E-state index is -0.360. The Morgan fingerprint density at radius 2 is 1.96 bits per heavy atom. The maximum atomic E-state index is 13.1. The third-order valence-electron chi connectivity index (χ3n) is 3.99. The first-order chi connectivity index (χ1) is 12.9. The molecule has 2 heterocycles. The number of amides is 1. The highest BCUT2D eigenvalue weighted by Crippen LogP contribution is 2.30. The average Bonchev–Trinajstić information content (AvgIpc) is 3.18. The summed E-state index contributed by atoms with van der Waals surface area (Å²) in [6.07, 6.45) is 0.532. The molecule has 0 spiro atoms. The molecule has 0 atom stereocenters. The van der Waals surface area contributed by atoms with E-state index in [9.17, 15) is 9.59 Å². The molecule has 0 aliphatic carbocycles. The summed E-state index contributed by atoms with van der Waals surface area (Å²) in [5.41, 5.74) is 2.82. The summed E-state index contributed by atoms with van der Waals surface area (Å²) in [6.45, 7) is 4.05. The van der Waals surface area contributed by atoms with Gasteiger partial charge in [0.25, 0.3) is 11.5 Å². The third-order valence-corrected chi connectivity index (χ3v) is 4.86. The van der Waals surface area contributed by atoms with Gasteiger partial charge in [-0.05, 0) is 23.4 Å². The van der Waals surface area contributed by atoms with Crippen LogP contribution in [0.4, 0.5) is 0 Å². The molecule has 0 aliphatic rings. The van der Waals surface area contributed by atoms with Gasteiger partial charge in [0.15, 0.2) is 11.5 Å². The van der Waals surface area contributed by atoms with Gasteiger partial charge < -0.3 is 9.47 Å². The zero-order chi connectivity index (χ0) is 19.6. The highest BCUT2D eigenvalue weighted by molar-refractivity contribution is 7.12. The Labute approximate surface area is 160 Å². The van der Waals surface area contributed by atoms with E-state index in [0.29, 0.717) is 39.5 Å². The highest BCUT2D eigenvalue weighted by Gasteiger charge is 2.18. The van der Waals surface area contributed by atoms with Gasteiger partial charge in [-0.15, -0.1) is 11.3 Å². The number of nitrogens with zero attached hydrogens (tertiary/aromatic N) is 2. The molecule has 0 unspecified atom stereocenters. The number of ether oxygens (including phenoxy) is 2. The van der Waals surface area contributed by atoms with Gasteiger partial charge in [-0.2, -0.15) is 0 Å². The van der Waals surface area contributed by atoms with Crippen LogP contribution in [0.1, 0.15) is 29.3 Å². The molecule has 0 aliphatic heterocycles. The van der Waals surface area contributed by atoms with E-state index in [-0.39, 0.29) is 17.4 Å². The van der Waals surface area contributed by atoms with Crippen molar-refractivity contribution in [3.63, 3.8) is 0 Å². The second-order valence-electron chi connectivity index (χ2n) is 6.41. The van der Waals surface area contributed by atoms with Crippen LogP contribution in [0, 0.1) is 5.92 Å². The van der Waals surface area contributed by atoms with Crippen molar-refractivity contribution >= 4 is 28.1 Å². The van der Waals surface area contributed by atoms with Crippen LogP contribution in [0.5, 0.6) is 11.5 Å². The Hall–Kier alpha value is -2.87. The quantitative estimate of drug-likeness (QED) is 0.703. The van der Waals surface area contributed by atoms with E-state index in [0.717, 1.165) is 0 Å². The Morgan fingerprint density at radius 1 is 1.26 bits per heavy atom. The first kappa shape index (κ1) is 18.9. The normalized spacial score (nSPS) is 11.0. The van der Waals surface area contributed by atoms with Crippen molar-refractivity contribution < 1.29 is 14.3 Å². The molecule has 3 rings (SSSR count). The van der Waals surface area contributed by atoms with Gasteiger partial charge in [0.1, 0.15) is 5.82 Å².